The Kier molecular flexibility index (Phi) is 5.98. The van der Waals surface area contributed by atoms with Crippen LogP contribution in [0.15, 0.2) is 91.0 Å². The summed E-state index contributed by atoms with van der Waals surface area (Å²) in [5.41, 5.74) is 3.48. The Balaban J connectivity index is 1.54. The van der Waals surface area contributed by atoms with Crippen molar-refractivity contribution in [3.63, 3.8) is 0 Å². The van der Waals surface area contributed by atoms with Crippen LogP contribution in [0.1, 0.15) is 15.9 Å². The van der Waals surface area contributed by atoms with Crippen LogP contribution in [-0.4, -0.2) is 28.6 Å². The van der Waals surface area contributed by atoms with Crippen molar-refractivity contribution in [3.8, 4) is 11.3 Å². The molecule has 0 unspecified atom stereocenters. The number of nitrogens with zero attached hydrogens (tertiary/aromatic N) is 2. The highest BCUT2D eigenvalue weighted by Gasteiger charge is 2.10. The van der Waals surface area contributed by atoms with E-state index in [2.05, 4.69) is 20.6 Å². The Morgan fingerprint density at radius 1 is 0.969 bits per heavy atom. The lowest BCUT2D eigenvalue weighted by atomic mass is 10.1. The number of hydrogen-bond acceptors (Lipinski definition) is 5. The average Bonchev–Trinajstić information content (AvgIpc) is 2.83. The fourth-order valence-electron chi connectivity index (χ4n) is 3.16. The largest absolute Gasteiger partial charge is 0.375 e. The van der Waals surface area contributed by atoms with Crippen molar-refractivity contribution in [3.05, 3.63) is 108 Å². The number of halogens is 1. The first kappa shape index (κ1) is 20.9. The molecular weight excluding hydrogens is 405 g/mol. The SMILES string of the molecule is CN/C(=C\C(=N)c1ccccc1)NC(=O)c1ccc2cc(-c3ccc(F)cn3)cnc2c1. The fraction of sp³-hybridized carbons (Fsp3) is 0.0400. The number of hydrogen-bond donors (Lipinski definition) is 3. The molecule has 1 amide bonds. The van der Waals surface area contributed by atoms with E-state index in [1.807, 2.05) is 36.4 Å². The Morgan fingerprint density at radius 3 is 2.50 bits per heavy atom. The number of nitrogens with one attached hydrogen (secondary N) is 3. The average molecular weight is 425 g/mol. The third-order valence-electron chi connectivity index (χ3n) is 4.86. The molecule has 2 aromatic heterocycles. The summed E-state index contributed by atoms with van der Waals surface area (Å²) in [6, 6.07) is 19.3. The molecule has 0 aliphatic heterocycles. The van der Waals surface area contributed by atoms with Gasteiger partial charge in [0.2, 0.25) is 0 Å². The summed E-state index contributed by atoms with van der Waals surface area (Å²) < 4.78 is 13.1. The highest BCUT2D eigenvalue weighted by atomic mass is 19.1. The molecule has 2 aromatic carbocycles. The minimum atomic E-state index is -0.396. The van der Waals surface area contributed by atoms with Crippen molar-refractivity contribution in [2.75, 3.05) is 7.05 Å². The number of pyridine rings is 2. The number of carbonyl (C=O) groups excluding carboxylic acids is 1. The molecule has 7 heteroatoms. The molecule has 0 aliphatic carbocycles. The van der Waals surface area contributed by atoms with E-state index in [1.54, 1.807) is 43.6 Å². The highest BCUT2D eigenvalue weighted by molar-refractivity contribution is 6.07. The predicted octanol–water partition coefficient (Wildman–Crippen LogP) is 4.29. The molecule has 2 heterocycles. The van der Waals surface area contributed by atoms with Crippen LogP contribution in [0.4, 0.5) is 4.39 Å². The van der Waals surface area contributed by atoms with Crippen molar-refractivity contribution >= 4 is 22.5 Å². The van der Waals surface area contributed by atoms with Gasteiger partial charge in [0.25, 0.3) is 5.91 Å². The number of amides is 1. The van der Waals surface area contributed by atoms with Gasteiger partial charge in [0.05, 0.1) is 23.1 Å². The predicted molar refractivity (Wildman–Crippen MR) is 123 cm³/mol. The summed E-state index contributed by atoms with van der Waals surface area (Å²) in [4.78, 5) is 21.3. The molecule has 0 saturated heterocycles. The zero-order valence-electron chi connectivity index (χ0n) is 17.3. The summed E-state index contributed by atoms with van der Waals surface area (Å²) in [5, 5.41) is 14.8. The Hall–Kier alpha value is -4.39. The van der Waals surface area contributed by atoms with E-state index >= 15 is 0 Å². The lowest BCUT2D eigenvalue weighted by molar-refractivity contribution is 0.0964. The van der Waals surface area contributed by atoms with Crippen LogP contribution in [0.2, 0.25) is 0 Å². The lowest BCUT2D eigenvalue weighted by Gasteiger charge is -2.11. The Morgan fingerprint density at radius 2 is 1.78 bits per heavy atom. The van der Waals surface area contributed by atoms with E-state index in [1.165, 1.54) is 6.07 Å². The first-order chi connectivity index (χ1) is 15.5. The number of allylic oxidation sites excluding steroid dienone is 1. The maximum Gasteiger partial charge on any atom is 0.256 e. The molecule has 0 aliphatic rings. The quantitative estimate of drug-likeness (QED) is 0.402. The Labute approximate surface area is 184 Å². The number of benzene rings is 2. The smallest absolute Gasteiger partial charge is 0.256 e. The van der Waals surface area contributed by atoms with Gasteiger partial charge in [-0.05, 0) is 35.9 Å². The molecule has 0 bridgehead atoms. The monoisotopic (exact) mass is 425 g/mol. The second-order valence-corrected chi connectivity index (χ2v) is 7.03. The molecule has 0 radical (unpaired) electrons. The molecular formula is C25H20FN5O. The normalized spacial score (nSPS) is 11.2. The molecule has 32 heavy (non-hydrogen) atoms. The summed E-state index contributed by atoms with van der Waals surface area (Å²) in [6.45, 7) is 0. The van der Waals surface area contributed by atoms with Gasteiger partial charge in [-0.3, -0.25) is 14.8 Å². The second-order valence-electron chi connectivity index (χ2n) is 7.03. The van der Waals surface area contributed by atoms with Gasteiger partial charge in [-0.25, -0.2) is 4.39 Å². The summed E-state index contributed by atoms with van der Waals surface area (Å²) in [6.07, 6.45) is 4.37. The molecule has 158 valence electrons. The van der Waals surface area contributed by atoms with Gasteiger partial charge in [0, 0.05) is 35.8 Å². The first-order valence-electron chi connectivity index (χ1n) is 9.90. The van der Waals surface area contributed by atoms with E-state index in [4.69, 9.17) is 5.41 Å². The highest BCUT2D eigenvalue weighted by Crippen LogP contribution is 2.22. The number of fused-ring (bicyclic) bond motifs is 1. The van der Waals surface area contributed by atoms with E-state index in [-0.39, 0.29) is 11.6 Å². The zero-order valence-corrected chi connectivity index (χ0v) is 17.3. The molecule has 0 saturated carbocycles. The van der Waals surface area contributed by atoms with Gasteiger partial charge in [-0.1, -0.05) is 36.4 Å². The van der Waals surface area contributed by atoms with Gasteiger partial charge >= 0.3 is 0 Å². The van der Waals surface area contributed by atoms with Crippen LogP contribution < -0.4 is 10.6 Å². The molecule has 0 spiro atoms. The van der Waals surface area contributed by atoms with E-state index in [9.17, 15) is 9.18 Å². The Bertz CT molecular complexity index is 1320. The van der Waals surface area contributed by atoms with E-state index < -0.39 is 5.82 Å². The minimum absolute atomic E-state index is 0.275. The number of rotatable bonds is 6. The number of carbonyl (C=O) groups is 1. The van der Waals surface area contributed by atoms with Crippen LogP contribution in [-0.2, 0) is 0 Å². The molecule has 4 rings (SSSR count). The van der Waals surface area contributed by atoms with Crippen molar-refractivity contribution < 1.29 is 9.18 Å². The third-order valence-corrected chi connectivity index (χ3v) is 4.86. The molecule has 3 N–H and O–H groups in total. The summed E-state index contributed by atoms with van der Waals surface area (Å²) in [5.74, 6) is -0.305. The van der Waals surface area contributed by atoms with Crippen LogP contribution in [0.5, 0.6) is 0 Å². The van der Waals surface area contributed by atoms with Gasteiger partial charge in [-0.15, -0.1) is 0 Å². The maximum atomic E-state index is 13.1. The second kappa shape index (κ2) is 9.18. The van der Waals surface area contributed by atoms with E-state index in [0.717, 1.165) is 22.7 Å². The third kappa shape index (κ3) is 4.67. The van der Waals surface area contributed by atoms with Gasteiger partial charge in [0.1, 0.15) is 11.6 Å². The van der Waals surface area contributed by atoms with Crippen molar-refractivity contribution in [1.82, 2.24) is 20.6 Å². The summed E-state index contributed by atoms with van der Waals surface area (Å²) in [7, 11) is 1.68. The maximum absolute atomic E-state index is 13.1. The van der Waals surface area contributed by atoms with Crippen LogP contribution in [0.25, 0.3) is 22.2 Å². The lowest BCUT2D eigenvalue weighted by Crippen LogP contribution is -2.30. The first-order valence-corrected chi connectivity index (χ1v) is 9.90. The fourth-order valence-corrected chi connectivity index (χ4v) is 3.16. The molecule has 4 aromatic rings. The van der Waals surface area contributed by atoms with Gasteiger partial charge in [-0.2, -0.15) is 0 Å². The minimum Gasteiger partial charge on any atom is -0.375 e. The molecule has 0 atom stereocenters. The van der Waals surface area contributed by atoms with Crippen molar-refractivity contribution in [1.29, 1.82) is 5.41 Å². The van der Waals surface area contributed by atoms with Gasteiger partial charge < -0.3 is 16.0 Å². The van der Waals surface area contributed by atoms with Crippen molar-refractivity contribution in [2.45, 2.75) is 0 Å². The molecule has 6 nitrogen and oxygen atoms in total. The summed E-state index contributed by atoms with van der Waals surface area (Å²) >= 11 is 0. The topological polar surface area (TPSA) is 90.8 Å². The van der Waals surface area contributed by atoms with Crippen molar-refractivity contribution in [2.24, 2.45) is 0 Å². The van der Waals surface area contributed by atoms with Gasteiger partial charge in [0.15, 0.2) is 0 Å². The van der Waals surface area contributed by atoms with Crippen LogP contribution in [0.3, 0.4) is 0 Å². The zero-order chi connectivity index (χ0) is 22.5. The van der Waals surface area contributed by atoms with E-state index in [0.29, 0.717) is 22.6 Å². The number of aromatic nitrogens is 2. The van der Waals surface area contributed by atoms with Crippen LogP contribution in [0, 0.1) is 11.2 Å². The molecule has 0 fully saturated rings. The standard InChI is InChI=1S/C25H20FN5O/c1-28-24(13-21(27)16-5-3-2-4-6-16)31-25(32)18-8-7-17-11-19(14-29-23(17)12-18)22-10-9-20(26)15-30-22/h2-15,27-28H,1H3,(H,31,32)/b24-13+,27-21?. The van der Waals surface area contributed by atoms with Crippen LogP contribution >= 0.6 is 0 Å².